The number of benzene rings is 1. The molecule has 110 valence electrons. The molecule has 0 radical (unpaired) electrons. The van der Waals surface area contributed by atoms with Gasteiger partial charge in [-0.05, 0) is 24.1 Å². The molecule has 1 aromatic heterocycles. The zero-order chi connectivity index (χ0) is 14.7. The van der Waals surface area contributed by atoms with Crippen LogP contribution in [0.3, 0.4) is 0 Å². The Hall–Kier alpha value is -1.24. The molecule has 1 aromatic carbocycles. The van der Waals surface area contributed by atoms with Crippen LogP contribution in [0.25, 0.3) is 0 Å². The second-order valence-corrected chi connectivity index (χ2v) is 7.02. The number of ether oxygens (including phenoxy) is 1. The normalized spacial score (nSPS) is 17.9. The second kappa shape index (κ2) is 6.68. The van der Waals surface area contributed by atoms with Crippen molar-refractivity contribution < 1.29 is 9.53 Å². The van der Waals surface area contributed by atoms with E-state index < -0.39 is 0 Å². The van der Waals surface area contributed by atoms with Crippen molar-refractivity contribution in [3.63, 3.8) is 0 Å². The second-order valence-electron chi connectivity index (χ2n) is 4.98. The van der Waals surface area contributed by atoms with Crippen LogP contribution in [-0.4, -0.2) is 24.1 Å². The number of carbonyl (C=O) groups is 1. The van der Waals surface area contributed by atoms with Gasteiger partial charge in [0.25, 0.3) is 0 Å². The molecular weight excluding hydrogens is 352 g/mol. The predicted octanol–water partition coefficient (Wildman–Crippen LogP) is 3.47. The molecule has 0 saturated carbocycles. The summed E-state index contributed by atoms with van der Waals surface area (Å²) < 4.78 is 6.30. The van der Waals surface area contributed by atoms with Gasteiger partial charge in [-0.15, -0.1) is 11.3 Å². The molecule has 3 rings (SSSR count). The Morgan fingerprint density at radius 2 is 2.24 bits per heavy atom. The van der Waals surface area contributed by atoms with Crippen molar-refractivity contribution in [1.29, 1.82) is 0 Å². The van der Waals surface area contributed by atoms with Gasteiger partial charge in [-0.25, -0.2) is 4.98 Å². The lowest BCUT2D eigenvalue weighted by Gasteiger charge is -2.05. The first-order valence-electron chi connectivity index (χ1n) is 6.78. The minimum absolute atomic E-state index is 0.0111. The van der Waals surface area contributed by atoms with E-state index in [1.165, 1.54) is 16.9 Å². The quantitative estimate of drug-likeness (QED) is 0.900. The predicted molar refractivity (Wildman–Crippen MR) is 86.6 cm³/mol. The van der Waals surface area contributed by atoms with Gasteiger partial charge in [0.15, 0.2) is 5.13 Å². The number of amides is 1. The molecular formula is C15H15BrN2O2S. The molecule has 1 N–H and O–H groups in total. The molecule has 2 heterocycles. The van der Waals surface area contributed by atoms with E-state index in [1.807, 2.05) is 18.3 Å². The summed E-state index contributed by atoms with van der Waals surface area (Å²) in [5.74, 6) is -0.0270. The average molecular weight is 367 g/mol. The monoisotopic (exact) mass is 366 g/mol. The van der Waals surface area contributed by atoms with E-state index in [2.05, 4.69) is 38.4 Å². The van der Waals surface area contributed by atoms with Crippen molar-refractivity contribution in [2.24, 2.45) is 5.92 Å². The van der Waals surface area contributed by atoms with Crippen LogP contribution in [0.5, 0.6) is 0 Å². The van der Waals surface area contributed by atoms with Gasteiger partial charge in [-0.2, -0.15) is 0 Å². The van der Waals surface area contributed by atoms with E-state index in [0.717, 1.165) is 22.2 Å². The Morgan fingerprint density at radius 3 is 2.95 bits per heavy atom. The zero-order valence-electron chi connectivity index (χ0n) is 11.3. The summed E-state index contributed by atoms with van der Waals surface area (Å²) in [6.07, 6.45) is 3.45. The van der Waals surface area contributed by atoms with Crippen LogP contribution in [0, 0.1) is 5.92 Å². The number of rotatable bonds is 4. The van der Waals surface area contributed by atoms with Crippen LogP contribution in [0.1, 0.15) is 16.9 Å². The van der Waals surface area contributed by atoms with Crippen molar-refractivity contribution in [3.05, 3.63) is 45.4 Å². The largest absolute Gasteiger partial charge is 0.381 e. The SMILES string of the molecule is O=C(Nc1ncc(Cc2ccc(Br)cc2)s1)C1CCOC1. The molecule has 1 saturated heterocycles. The van der Waals surface area contributed by atoms with Crippen LogP contribution in [-0.2, 0) is 16.0 Å². The number of hydrogen-bond donors (Lipinski definition) is 1. The number of carbonyl (C=O) groups excluding carboxylic acids is 1. The first-order chi connectivity index (χ1) is 10.2. The summed E-state index contributed by atoms with van der Waals surface area (Å²) in [5, 5.41) is 3.55. The van der Waals surface area contributed by atoms with Gasteiger partial charge < -0.3 is 10.1 Å². The molecule has 21 heavy (non-hydrogen) atoms. The van der Waals surface area contributed by atoms with E-state index in [1.54, 1.807) is 0 Å². The summed E-state index contributed by atoms with van der Waals surface area (Å²) >= 11 is 4.95. The molecule has 1 amide bonds. The van der Waals surface area contributed by atoms with Crippen LogP contribution in [0.2, 0.25) is 0 Å². The van der Waals surface area contributed by atoms with Gasteiger partial charge >= 0.3 is 0 Å². The van der Waals surface area contributed by atoms with Crippen molar-refractivity contribution >= 4 is 38.3 Å². The minimum Gasteiger partial charge on any atom is -0.381 e. The highest BCUT2D eigenvalue weighted by Gasteiger charge is 2.24. The van der Waals surface area contributed by atoms with E-state index in [-0.39, 0.29) is 11.8 Å². The first kappa shape index (κ1) is 14.7. The Kier molecular flexibility index (Phi) is 4.67. The number of thiazole rings is 1. The lowest BCUT2D eigenvalue weighted by Crippen LogP contribution is -2.22. The Balaban J connectivity index is 1.60. The molecule has 1 unspecified atom stereocenters. The fourth-order valence-corrected chi connectivity index (χ4v) is 3.31. The van der Waals surface area contributed by atoms with E-state index in [4.69, 9.17) is 4.74 Å². The standard InChI is InChI=1S/C15H15BrN2O2S/c16-12-3-1-10(2-4-12)7-13-8-17-15(21-13)18-14(19)11-5-6-20-9-11/h1-4,8,11H,5-7,9H2,(H,17,18,19). The number of nitrogens with zero attached hydrogens (tertiary/aromatic N) is 1. The summed E-state index contributed by atoms with van der Waals surface area (Å²) in [7, 11) is 0. The zero-order valence-corrected chi connectivity index (χ0v) is 13.7. The van der Waals surface area contributed by atoms with Crippen molar-refractivity contribution in [2.75, 3.05) is 18.5 Å². The third-order valence-electron chi connectivity index (χ3n) is 3.38. The molecule has 6 heteroatoms. The van der Waals surface area contributed by atoms with Crippen molar-refractivity contribution in [1.82, 2.24) is 4.98 Å². The maximum Gasteiger partial charge on any atom is 0.231 e. The first-order valence-corrected chi connectivity index (χ1v) is 8.39. The highest BCUT2D eigenvalue weighted by atomic mass is 79.9. The molecule has 4 nitrogen and oxygen atoms in total. The van der Waals surface area contributed by atoms with Crippen LogP contribution < -0.4 is 5.32 Å². The summed E-state index contributed by atoms with van der Waals surface area (Å²) in [5.41, 5.74) is 1.23. The maximum absolute atomic E-state index is 12.0. The number of anilines is 1. The molecule has 1 aliphatic rings. The fourth-order valence-electron chi connectivity index (χ4n) is 2.20. The third kappa shape index (κ3) is 3.90. The Bertz CT molecular complexity index is 621. The van der Waals surface area contributed by atoms with Crippen molar-refractivity contribution in [3.8, 4) is 0 Å². The molecule has 2 aromatic rings. The van der Waals surface area contributed by atoms with E-state index in [0.29, 0.717) is 18.3 Å². The average Bonchev–Trinajstić information content (AvgIpc) is 3.13. The number of halogens is 1. The van der Waals surface area contributed by atoms with Crippen LogP contribution >= 0.6 is 27.3 Å². The van der Waals surface area contributed by atoms with Gasteiger partial charge in [-0.3, -0.25) is 4.79 Å². The lowest BCUT2D eigenvalue weighted by molar-refractivity contribution is -0.119. The van der Waals surface area contributed by atoms with E-state index in [9.17, 15) is 4.79 Å². The molecule has 1 atom stereocenters. The van der Waals surface area contributed by atoms with Gasteiger partial charge in [0.1, 0.15) is 0 Å². The van der Waals surface area contributed by atoms with Gasteiger partial charge in [0.2, 0.25) is 5.91 Å². The number of hydrogen-bond acceptors (Lipinski definition) is 4. The molecule has 0 aliphatic carbocycles. The highest BCUT2D eigenvalue weighted by molar-refractivity contribution is 9.10. The van der Waals surface area contributed by atoms with Crippen molar-refractivity contribution in [2.45, 2.75) is 12.8 Å². The van der Waals surface area contributed by atoms with Gasteiger partial charge in [0, 0.05) is 28.6 Å². The summed E-state index contributed by atoms with van der Waals surface area (Å²) in [4.78, 5) is 17.4. The lowest BCUT2D eigenvalue weighted by atomic mass is 10.1. The van der Waals surface area contributed by atoms with Gasteiger partial charge in [-0.1, -0.05) is 28.1 Å². The van der Waals surface area contributed by atoms with Gasteiger partial charge in [0.05, 0.1) is 12.5 Å². The van der Waals surface area contributed by atoms with E-state index >= 15 is 0 Å². The highest BCUT2D eigenvalue weighted by Crippen LogP contribution is 2.23. The smallest absolute Gasteiger partial charge is 0.231 e. The molecule has 0 spiro atoms. The van der Waals surface area contributed by atoms with Crippen LogP contribution in [0.4, 0.5) is 5.13 Å². The fraction of sp³-hybridized carbons (Fsp3) is 0.333. The Labute approximate surface area is 135 Å². The Morgan fingerprint density at radius 1 is 1.43 bits per heavy atom. The number of nitrogens with one attached hydrogen (secondary N) is 1. The third-order valence-corrected chi connectivity index (χ3v) is 4.82. The topological polar surface area (TPSA) is 51.2 Å². The molecule has 0 bridgehead atoms. The maximum atomic E-state index is 12.0. The minimum atomic E-state index is -0.0381. The summed E-state index contributed by atoms with van der Waals surface area (Å²) in [6, 6.07) is 8.22. The number of aromatic nitrogens is 1. The van der Waals surface area contributed by atoms with Crippen LogP contribution in [0.15, 0.2) is 34.9 Å². The molecule has 1 fully saturated rings. The summed E-state index contributed by atoms with van der Waals surface area (Å²) in [6.45, 7) is 1.19. The molecule has 1 aliphatic heterocycles.